The monoisotopic (exact) mass is 818 g/mol. The van der Waals surface area contributed by atoms with Crippen molar-refractivity contribution in [2.75, 3.05) is 38.4 Å². The molecule has 6 atom stereocenters. The average molecular weight is 819 g/mol. The first-order valence-corrected chi connectivity index (χ1v) is 18.4. The number of amides is 3. The second-order valence-electron chi connectivity index (χ2n) is 14.1. The predicted molar refractivity (Wildman–Crippen MR) is 199 cm³/mol. The van der Waals surface area contributed by atoms with Gasteiger partial charge in [0.2, 0.25) is 17.3 Å². The molecular formula is C35H43IN6O9. The van der Waals surface area contributed by atoms with Gasteiger partial charge in [0, 0.05) is 75.3 Å². The van der Waals surface area contributed by atoms with Crippen LogP contribution >= 0.6 is 21.1 Å². The van der Waals surface area contributed by atoms with Crippen LogP contribution in [0.3, 0.4) is 0 Å². The van der Waals surface area contributed by atoms with E-state index in [4.69, 9.17) is 14.5 Å². The van der Waals surface area contributed by atoms with Crippen molar-refractivity contribution in [3.63, 3.8) is 0 Å². The smallest absolute Gasteiger partial charge is 0.319 e. The molecule has 0 spiro atoms. The number of hydrogen-bond acceptors (Lipinski definition) is 12. The summed E-state index contributed by atoms with van der Waals surface area (Å²) in [5.41, 5.74) is 8.96. The number of hydrogen-bond donors (Lipinski definition) is 7. The Balaban J connectivity index is 1.62. The molecule has 2 fully saturated rings. The molecular weight excluding hydrogens is 775 g/mol. The first kappa shape index (κ1) is 38.0. The molecule has 51 heavy (non-hydrogen) atoms. The quantitative estimate of drug-likeness (QED) is 0.108. The van der Waals surface area contributed by atoms with Gasteiger partial charge in [-0.1, -0.05) is 6.92 Å². The molecule has 2 unspecified atom stereocenters. The van der Waals surface area contributed by atoms with Crippen LogP contribution in [0, 0.1) is 11.3 Å². The van der Waals surface area contributed by atoms with Gasteiger partial charge in [-0.2, -0.15) is 0 Å². The van der Waals surface area contributed by atoms with E-state index in [1.54, 1.807) is 70.3 Å². The summed E-state index contributed by atoms with van der Waals surface area (Å²) in [6, 6.07) is 6.19. The van der Waals surface area contributed by atoms with Gasteiger partial charge in [0.25, 0.3) is 0 Å². The molecule has 15 nitrogen and oxygen atoms in total. The maximum absolute atomic E-state index is 15.0. The highest BCUT2D eigenvalue weighted by atomic mass is 127. The van der Waals surface area contributed by atoms with Crippen molar-refractivity contribution in [3.05, 3.63) is 58.2 Å². The SMILES string of the molecule is C=IO[C@]12C(=O)C3=C(O)c4c(O)c(CNC(=O)Nc5ccc(C(C)=O)cc5)cc(N(C)C)c4C[C@@]3(C)C[C@@]1(N)[C@H](N(C)C)C(O)C(C(N)=O)C2=O. The van der Waals surface area contributed by atoms with Crippen LogP contribution in [0.2, 0.25) is 0 Å². The van der Waals surface area contributed by atoms with Crippen molar-refractivity contribution < 1.29 is 42.4 Å². The fourth-order valence-corrected chi connectivity index (χ4v) is 9.54. The van der Waals surface area contributed by atoms with Gasteiger partial charge in [-0.25, -0.2) is 4.79 Å². The number of carbonyl (C=O) groups is 5. The maximum Gasteiger partial charge on any atom is 0.319 e. The number of ketones is 3. The normalized spacial score (nSPS) is 28.5. The van der Waals surface area contributed by atoms with E-state index in [9.17, 15) is 39.3 Å². The molecule has 16 heteroatoms. The van der Waals surface area contributed by atoms with E-state index in [-0.39, 0.29) is 41.9 Å². The second kappa shape index (κ2) is 13.4. The third-order valence-electron chi connectivity index (χ3n) is 10.3. The number of phenols is 1. The summed E-state index contributed by atoms with van der Waals surface area (Å²) in [7, 11) is 6.70. The number of nitrogens with two attached hydrogens (primary N) is 2. The van der Waals surface area contributed by atoms with Crippen molar-refractivity contribution in [1.82, 2.24) is 10.2 Å². The number of nitrogens with zero attached hydrogens (tertiary/aromatic N) is 2. The van der Waals surface area contributed by atoms with Crippen LogP contribution in [0.1, 0.15) is 47.3 Å². The molecule has 9 N–H and O–H groups in total. The number of anilines is 2. The van der Waals surface area contributed by atoms with Crippen LogP contribution in [0.5, 0.6) is 5.75 Å². The van der Waals surface area contributed by atoms with Gasteiger partial charge in [0.15, 0.2) is 11.6 Å². The van der Waals surface area contributed by atoms with Crippen LogP contribution in [0.15, 0.2) is 35.9 Å². The number of halogens is 1. The second-order valence-corrected chi connectivity index (χ2v) is 15.2. The summed E-state index contributed by atoms with van der Waals surface area (Å²) in [5, 5.41) is 40.5. The van der Waals surface area contributed by atoms with Crippen molar-refractivity contribution in [1.29, 1.82) is 0 Å². The summed E-state index contributed by atoms with van der Waals surface area (Å²) < 4.78 is 9.82. The number of benzene rings is 2. The zero-order chi connectivity index (χ0) is 38.0. The number of likely N-dealkylation sites (N-methyl/N-ethyl adjacent to an activating group) is 1. The lowest BCUT2D eigenvalue weighted by molar-refractivity contribution is -0.181. The summed E-state index contributed by atoms with van der Waals surface area (Å²) in [6.45, 7) is 2.94. The summed E-state index contributed by atoms with van der Waals surface area (Å²) in [5.74, 6) is -6.25. The first-order valence-electron chi connectivity index (χ1n) is 16.0. The van der Waals surface area contributed by atoms with E-state index in [0.717, 1.165) is 0 Å². The number of nitrogens with one attached hydrogen (secondary N) is 2. The van der Waals surface area contributed by atoms with E-state index < -0.39 is 90.8 Å². The zero-order valence-electron chi connectivity index (χ0n) is 29.2. The topological polar surface area (TPSA) is 238 Å². The lowest BCUT2D eigenvalue weighted by Gasteiger charge is -2.62. The minimum atomic E-state index is -2.53. The summed E-state index contributed by atoms with van der Waals surface area (Å²) in [6.07, 6.45) is -1.76. The fourth-order valence-electron chi connectivity index (χ4n) is 8.24. The molecule has 3 amide bonds. The van der Waals surface area contributed by atoms with Crippen LogP contribution in [-0.2, 0) is 30.4 Å². The molecule has 3 aliphatic rings. The molecule has 0 radical (unpaired) electrons. The lowest BCUT2D eigenvalue weighted by Crippen LogP contribution is -2.86. The minimum absolute atomic E-state index is 0.0666. The highest BCUT2D eigenvalue weighted by Crippen LogP contribution is 2.61. The van der Waals surface area contributed by atoms with Crippen LogP contribution in [0.25, 0.3) is 5.76 Å². The third kappa shape index (κ3) is 5.82. The van der Waals surface area contributed by atoms with Gasteiger partial charge in [-0.3, -0.25) is 22.2 Å². The van der Waals surface area contributed by atoms with Gasteiger partial charge < -0.3 is 47.2 Å². The number of aliphatic hydroxyl groups excluding tert-OH is 2. The van der Waals surface area contributed by atoms with E-state index >= 15 is 0 Å². The predicted octanol–water partition coefficient (Wildman–Crippen LogP) is 1.53. The standard InChI is InChI=1S/C35H43IN6O9/c1-16(43)17-8-10-19(11-9-17)40-32(50)39-14-18-12-21(41(4)5)20-13-33(2)15-34(38)28(42(6)7)27(46)23(31(37)49)29(47)35(34,51-36-3)30(48)24(33)26(45)22(20)25(18)44/h8-12,23,27-28,44-46H,3,13-15,38H2,1-2,4-7H3,(H2,37,49)(H2,39,40,50)/t23?,27?,28-,33+,34-,35-/m1/s1. The Bertz CT molecular complexity index is 1900. The number of aromatic hydroxyl groups is 1. The number of aliphatic hydroxyl groups is 2. The number of phenolic OH excluding ortho intramolecular Hbond substituents is 1. The number of fused-ring (bicyclic) bond motifs is 3. The Labute approximate surface area is 305 Å². The number of Topliss-reactive ketones (excluding diaryl/α,β-unsaturated/α-hetero) is 3. The van der Waals surface area contributed by atoms with Crippen molar-refractivity contribution in [2.24, 2.45) is 22.8 Å². The number of primary amides is 1. The van der Waals surface area contributed by atoms with E-state index in [2.05, 4.69) is 15.1 Å². The molecule has 5 rings (SSSR count). The molecule has 3 aliphatic carbocycles. The first-order chi connectivity index (χ1) is 23.8. The van der Waals surface area contributed by atoms with Gasteiger partial charge in [-0.15, -0.1) is 0 Å². The molecule has 0 aliphatic heterocycles. The molecule has 274 valence electrons. The largest absolute Gasteiger partial charge is 0.507 e. The maximum atomic E-state index is 15.0. The molecule has 0 saturated heterocycles. The molecule has 2 aromatic rings. The highest BCUT2D eigenvalue weighted by molar-refractivity contribution is 14.2. The van der Waals surface area contributed by atoms with Gasteiger partial charge >= 0.3 is 6.03 Å². The number of urea groups is 1. The summed E-state index contributed by atoms with van der Waals surface area (Å²) in [4.78, 5) is 69.6. The Morgan fingerprint density at radius 3 is 2.27 bits per heavy atom. The van der Waals surface area contributed by atoms with Crippen LogP contribution in [0.4, 0.5) is 16.2 Å². The Morgan fingerprint density at radius 2 is 1.75 bits per heavy atom. The Hall–Kier alpha value is -4.23. The van der Waals surface area contributed by atoms with Gasteiger partial charge in [0.05, 0.1) is 23.2 Å². The third-order valence-corrected chi connectivity index (χ3v) is 11.3. The van der Waals surface area contributed by atoms with E-state index in [1.807, 2.05) is 0 Å². The molecule has 2 saturated carbocycles. The van der Waals surface area contributed by atoms with Crippen molar-refractivity contribution in [3.8, 4) is 5.75 Å². The zero-order valence-corrected chi connectivity index (χ0v) is 31.3. The van der Waals surface area contributed by atoms with Gasteiger partial charge in [0.1, 0.15) is 17.4 Å². The molecule has 2 aromatic carbocycles. The number of rotatable bonds is 9. The number of carbonyl (C=O) groups excluding carboxylic acids is 5. The van der Waals surface area contributed by atoms with Crippen molar-refractivity contribution in [2.45, 2.75) is 56.5 Å². The fraction of sp³-hybridized carbons (Fsp3) is 0.429. The van der Waals surface area contributed by atoms with E-state index in [1.165, 1.54) is 11.8 Å². The van der Waals surface area contributed by atoms with Gasteiger partial charge in [-0.05, 0) is 74.3 Å². The minimum Gasteiger partial charge on any atom is -0.507 e. The van der Waals surface area contributed by atoms with Crippen LogP contribution < -0.4 is 27.0 Å². The lowest BCUT2D eigenvalue weighted by atomic mass is 9.47. The summed E-state index contributed by atoms with van der Waals surface area (Å²) >= 11 is -1.57. The van der Waals surface area contributed by atoms with Crippen LogP contribution in [-0.4, -0.2) is 105 Å². The Morgan fingerprint density at radius 1 is 1.12 bits per heavy atom. The molecule has 0 bridgehead atoms. The molecule has 0 aromatic heterocycles. The van der Waals surface area contributed by atoms with E-state index in [0.29, 0.717) is 22.5 Å². The average Bonchev–Trinajstić information content (AvgIpc) is 3.01. The Kier molecular flexibility index (Phi) is 9.98. The van der Waals surface area contributed by atoms with Crippen molar-refractivity contribution >= 4 is 72.1 Å². The highest BCUT2D eigenvalue weighted by Gasteiger charge is 2.77. The molecule has 0 heterocycles.